The van der Waals surface area contributed by atoms with Crippen LogP contribution in [0.3, 0.4) is 0 Å². The lowest BCUT2D eigenvalue weighted by Gasteiger charge is -2.22. The third-order valence-corrected chi connectivity index (χ3v) is 5.59. The Balaban J connectivity index is 1.44. The van der Waals surface area contributed by atoms with Gasteiger partial charge in [0.05, 0.1) is 19.0 Å². The molecule has 172 valence electrons. The van der Waals surface area contributed by atoms with Crippen LogP contribution >= 0.6 is 0 Å². The van der Waals surface area contributed by atoms with E-state index in [0.717, 1.165) is 24.2 Å². The van der Waals surface area contributed by atoms with Gasteiger partial charge in [-0.1, -0.05) is 32.0 Å². The summed E-state index contributed by atoms with van der Waals surface area (Å²) in [4.78, 5) is 31.9. The molecular formula is C25H28N4O4. The van der Waals surface area contributed by atoms with E-state index in [-0.39, 0.29) is 24.5 Å². The number of hydrogen-bond acceptors (Lipinski definition) is 6. The van der Waals surface area contributed by atoms with E-state index in [1.165, 1.54) is 6.20 Å². The van der Waals surface area contributed by atoms with Crippen molar-refractivity contribution in [2.75, 3.05) is 13.7 Å². The molecule has 33 heavy (non-hydrogen) atoms. The summed E-state index contributed by atoms with van der Waals surface area (Å²) in [6.45, 7) is 4.11. The van der Waals surface area contributed by atoms with Crippen molar-refractivity contribution in [2.45, 2.75) is 45.2 Å². The average molecular weight is 449 g/mol. The topological polar surface area (TPSA) is 86.5 Å². The first-order chi connectivity index (χ1) is 16.0. The number of aromatic nitrogens is 3. The molecule has 0 atom stereocenters. The molecule has 1 fully saturated rings. The van der Waals surface area contributed by atoms with Gasteiger partial charge in [0.1, 0.15) is 11.3 Å². The molecule has 0 N–H and O–H groups in total. The number of ether oxygens (including phenoxy) is 2. The van der Waals surface area contributed by atoms with E-state index in [1.54, 1.807) is 22.9 Å². The lowest BCUT2D eigenvalue weighted by Crippen LogP contribution is -2.36. The quantitative estimate of drug-likeness (QED) is 0.464. The third kappa shape index (κ3) is 5.22. The van der Waals surface area contributed by atoms with Crippen molar-refractivity contribution < 1.29 is 19.1 Å². The molecule has 1 aliphatic rings. The Morgan fingerprint density at radius 1 is 1.15 bits per heavy atom. The number of methoxy groups -OCH3 is 1. The number of amides is 1. The highest BCUT2D eigenvalue weighted by Crippen LogP contribution is 2.29. The van der Waals surface area contributed by atoms with E-state index in [1.807, 2.05) is 56.3 Å². The van der Waals surface area contributed by atoms with Crippen LogP contribution < -0.4 is 4.74 Å². The maximum Gasteiger partial charge on any atom is 0.342 e. The average Bonchev–Trinajstić information content (AvgIpc) is 3.58. The standard InChI is InChI=1S/C25H28N4O4/c1-17(2)24-21(14-27-29(24)22-6-4-5-13-26-22)25(31)33-16-23(30)28(19-9-10-19)15-18-7-11-20(32-3)12-8-18/h4-8,11-14,17,19H,9-10,15-16H2,1-3H3. The number of carbonyl (C=O) groups excluding carboxylic acids is 2. The largest absolute Gasteiger partial charge is 0.497 e. The molecule has 1 saturated carbocycles. The minimum atomic E-state index is -0.561. The summed E-state index contributed by atoms with van der Waals surface area (Å²) < 4.78 is 12.3. The van der Waals surface area contributed by atoms with Crippen LogP contribution in [0.1, 0.15) is 54.2 Å². The van der Waals surface area contributed by atoms with E-state index in [2.05, 4.69) is 10.1 Å². The van der Waals surface area contributed by atoms with Gasteiger partial charge in [0.2, 0.25) is 0 Å². The second-order valence-corrected chi connectivity index (χ2v) is 8.37. The van der Waals surface area contributed by atoms with Gasteiger partial charge in [-0.2, -0.15) is 5.10 Å². The fourth-order valence-corrected chi connectivity index (χ4v) is 3.76. The van der Waals surface area contributed by atoms with E-state index >= 15 is 0 Å². The molecule has 0 unspecified atom stereocenters. The molecule has 0 saturated heterocycles. The Morgan fingerprint density at radius 3 is 2.52 bits per heavy atom. The molecule has 0 radical (unpaired) electrons. The molecule has 1 aliphatic carbocycles. The molecule has 0 bridgehead atoms. The first-order valence-corrected chi connectivity index (χ1v) is 11.1. The van der Waals surface area contributed by atoms with Crippen molar-refractivity contribution in [2.24, 2.45) is 0 Å². The van der Waals surface area contributed by atoms with E-state index in [9.17, 15) is 9.59 Å². The Kier molecular flexibility index (Phi) is 6.72. The lowest BCUT2D eigenvalue weighted by molar-refractivity contribution is -0.135. The van der Waals surface area contributed by atoms with Gasteiger partial charge in [0.25, 0.3) is 5.91 Å². The van der Waals surface area contributed by atoms with Crippen LogP contribution in [0.2, 0.25) is 0 Å². The van der Waals surface area contributed by atoms with Crippen LogP contribution in [0.4, 0.5) is 0 Å². The van der Waals surface area contributed by atoms with Crippen molar-refractivity contribution in [1.82, 2.24) is 19.7 Å². The monoisotopic (exact) mass is 448 g/mol. The van der Waals surface area contributed by atoms with Crippen molar-refractivity contribution in [3.8, 4) is 11.6 Å². The fraction of sp³-hybridized carbons (Fsp3) is 0.360. The van der Waals surface area contributed by atoms with E-state index in [0.29, 0.717) is 23.6 Å². The molecule has 2 aromatic heterocycles. The Labute approximate surface area is 193 Å². The fourth-order valence-electron chi connectivity index (χ4n) is 3.76. The minimum absolute atomic E-state index is 0.00536. The van der Waals surface area contributed by atoms with Crippen LogP contribution in [-0.4, -0.2) is 51.3 Å². The van der Waals surface area contributed by atoms with Gasteiger partial charge in [0.15, 0.2) is 12.4 Å². The number of rotatable bonds is 9. The minimum Gasteiger partial charge on any atom is -0.497 e. The van der Waals surface area contributed by atoms with Crippen LogP contribution in [0.25, 0.3) is 5.82 Å². The first kappa shape index (κ1) is 22.5. The first-order valence-electron chi connectivity index (χ1n) is 11.1. The van der Waals surface area contributed by atoms with Crippen LogP contribution in [0, 0.1) is 0 Å². The van der Waals surface area contributed by atoms with Gasteiger partial charge < -0.3 is 14.4 Å². The summed E-state index contributed by atoms with van der Waals surface area (Å²) in [5.41, 5.74) is 2.04. The maximum atomic E-state index is 12.9. The zero-order valence-corrected chi connectivity index (χ0v) is 19.1. The smallest absolute Gasteiger partial charge is 0.342 e. The summed E-state index contributed by atoms with van der Waals surface area (Å²) in [6, 6.07) is 13.3. The van der Waals surface area contributed by atoms with Crippen molar-refractivity contribution in [1.29, 1.82) is 0 Å². The normalized spacial score (nSPS) is 13.1. The molecular weight excluding hydrogens is 420 g/mol. The lowest BCUT2D eigenvalue weighted by atomic mass is 10.1. The number of benzene rings is 1. The second-order valence-electron chi connectivity index (χ2n) is 8.37. The molecule has 8 heteroatoms. The van der Waals surface area contributed by atoms with Crippen LogP contribution in [-0.2, 0) is 16.1 Å². The van der Waals surface area contributed by atoms with Gasteiger partial charge in [-0.05, 0) is 48.6 Å². The molecule has 3 aromatic rings. The summed E-state index contributed by atoms with van der Waals surface area (Å²) >= 11 is 0. The predicted octanol–water partition coefficient (Wildman–Crippen LogP) is 3.75. The number of pyridine rings is 1. The molecule has 0 spiro atoms. The van der Waals surface area contributed by atoms with Gasteiger partial charge in [-0.3, -0.25) is 4.79 Å². The summed E-state index contributed by atoms with van der Waals surface area (Å²) in [6.07, 6.45) is 5.08. The number of carbonyl (C=O) groups is 2. The zero-order valence-electron chi connectivity index (χ0n) is 19.1. The van der Waals surface area contributed by atoms with Gasteiger partial charge in [-0.25, -0.2) is 14.5 Å². The Morgan fingerprint density at radius 2 is 1.91 bits per heavy atom. The summed E-state index contributed by atoms with van der Waals surface area (Å²) in [5, 5.41) is 4.35. The molecule has 1 amide bonds. The zero-order chi connectivity index (χ0) is 23.4. The molecule has 0 aliphatic heterocycles. The maximum absolute atomic E-state index is 12.9. The third-order valence-electron chi connectivity index (χ3n) is 5.59. The highest BCUT2D eigenvalue weighted by atomic mass is 16.5. The van der Waals surface area contributed by atoms with Crippen molar-refractivity contribution in [3.05, 3.63) is 71.7 Å². The Bertz CT molecular complexity index is 1110. The molecule has 4 rings (SSSR count). The van der Waals surface area contributed by atoms with Crippen LogP contribution in [0.5, 0.6) is 5.75 Å². The molecule has 1 aromatic carbocycles. The number of esters is 1. The summed E-state index contributed by atoms with van der Waals surface area (Å²) in [7, 11) is 1.62. The highest BCUT2D eigenvalue weighted by molar-refractivity contribution is 5.92. The van der Waals surface area contributed by atoms with E-state index in [4.69, 9.17) is 9.47 Å². The SMILES string of the molecule is COc1ccc(CN(C(=O)COC(=O)c2cnn(-c3ccccn3)c2C(C)C)C2CC2)cc1. The highest BCUT2D eigenvalue weighted by Gasteiger charge is 2.33. The van der Waals surface area contributed by atoms with Crippen LogP contribution in [0.15, 0.2) is 54.9 Å². The Hall–Kier alpha value is -3.68. The summed E-state index contributed by atoms with van der Waals surface area (Å²) in [5.74, 6) is 0.630. The van der Waals surface area contributed by atoms with Crippen molar-refractivity contribution in [3.63, 3.8) is 0 Å². The van der Waals surface area contributed by atoms with Gasteiger partial charge in [0, 0.05) is 18.8 Å². The predicted molar refractivity (Wildman–Crippen MR) is 122 cm³/mol. The molecule has 8 nitrogen and oxygen atoms in total. The van der Waals surface area contributed by atoms with Crippen molar-refractivity contribution >= 4 is 11.9 Å². The molecule has 2 heterocycles. The number of hydrogen-bond donors (Lipinski definition) is 0. The van der Waals surface area contributed by atoms with Gasteiger partial charge in [-0.15, -0.1) is 0 Å². The van der Waals surface area contributed by atoms with Gasteiger partial charge >= 0.3 is 5.97 Å². The number of nitrogens with zero attached hydrogens (tertiary/aromatic N) is 4. The van der Waals surface area contributed by atoms with E-state index < -0.39 is 5.97 Å². The second kappa shape index (κ2) is 9.85.